The third-order valence-electron chi connectivity index (χ3n) is 2.77. The zero-order valence-corrected chi connectivity index (χ0v) is 11.0. The molecule has 0 aliphatic rings. The third-order valence-corrected chi connectivity index (χ3v) is 2.77. The molecule has 5 nitrogen and oxygen atoms in total. The molecule has 1 unspecified atom stereocenters. The van der Waals surface area contributed by atoms with Gasteiger partial charge in [-0.15, -0.1) is 0 Å². The molecule has 1 amide bonds. The lowest BCUT2D eigenvalue weighted by atomic mass is 10.1. The van der Waals surface area contributed by atoms with Crippen molar-refractivity contribution >= 4 is 11.6 Å². The number of hydrogen-bond donors (Lipinski definition) is 1. The Labute approximate surface area is 111 Å². The quantitative estimate of drug-likeness (QED) is 0.636. The van der Waals surface area contributed by atoms with E-state index in [0.29, 0.717) is 0 Å². The maximum Gasteiger partial charge on any atom is 0.305 e. The van der Waals surface area contributed by atoms with E-state index in [1.165, 1.54) is 6.07 Å². The Morgan fingerprint density at radius 2 is 2.21 bits per heavy atom. The molecule has 19 heavy (non-hydrogen) atoms. The van der Waals surface area contributed by atoms with E-state index in [1.54, 1.807) is 0 Å². The molecule has 1 aromatic rings. The van der Waals surface area contributed by atoms with Gasteiger partial charge in [-0.2, -0.15) is 4.39 Å². The van der Waals surface area contributed by atoms with Gasteiger partial charge >= 0.3 is 5.69 Å². The van der Waals surface area contributed by atoms with Crippen molar-refractivity contribution in [2.24, 2.45) is 0 Å². The van der Waals surface area contributed by atoms with E-state index in [4.69, 9.17) is 0 Å². The van der Waals surface area contributed by atoms with Crippen molar-refractivity contribution in [3.05, 3.63) is 39.7 Å². The van der Waals surface area contributed by atoms with Gasteiger partial charge in [0.2, 0.25) is 5.82 Å². The van der Waals surface area contributed by atoms with E-state index >= 15 is 0 Å². The Bertz CT molecular complexity index is 477. The molecule has 0 aromatic heterocycles. The van der Waals surface area contributed by atoms with Crippen LogP contribution < -0.4 is 5.32 Å². The molecule has 0 bridgehead atoms. The molecule has 0 aliphatic heterocycles. The van der Waals surface area contributed by atoms with Crippen molar-refractivity contribution < 1.29 is 14.1 Å². The van der Waals surface area contributed by atoms with Crippen molar-refractivity contribution in [2.75, 3.05) is 0 Å². The van der Waals surface area contributed by atoms with Gasteiger partial charge in [0.25, 0.3) is 5.91 Å². The molecule has 1 rings (SSSR count). The van der Waals surface area contributed by atoms with Gasteiger partial charge in [0, 0.05) is 17.7 Å². The predicted molar refractivity (Wildman–Crippen MR) is 69.5 cm³/mol. The number of carbonyl (C=O) groups is 1. The second-order valence-corrected chi connectivity index (χ2v) is 4.44. The lowest BCUT2D eigenvalue weighted by molar-refractivity contribution is -0.387. The number of nitrogens with one attached hydrogen (secondary N) is 1. The van der Waals surface area contributed by atoms with Gasteiger partial charge in [-0.05, 0) is 25.5 Å². The van der Waals surface area contributed by atoms with Gasteiger partial charge in [0.1, 0.15) is 0 Å². The lowest BCUT2D eigenvalue weighted by Gasteiger charge is -2.13. The summed E-state index contributed by atoms with van der Waals surface area (Å²) >= 11 is 0. The molecule has 0 saturated carbocycles. The van der Waals surface area contributed by atoms with Crippen LogP contribution in [0.15, 0.2) is 18.2 Å². The highest BCUT2D eigenvalue weighted by Crippen LogP contribution is 2.18. The topological polar surface area (TPSA) is 72.2 Å². The summed E-state index contributed by atoms with van der Waals surface area (Å²) < 4.78 is 13.1. The smallest absolute Gasteiger partial charge is 0.305 e. The SMILES string of the molecule is CCCCC(C)NC(=O)c1ccc(F)c([N+](=O)[O-])c1. The Morgan fingerprint density at radius 1 is 1.53 bits per heavy atom. The fourth-order valence-corrected chi connectivity index (χ4v) is 1.68. The van der Waals surface area contributed by atoms with Crippen LogP contribution in [0.5, 0.6) is 0 Å². The predicted octanol–water partition coefficient (Wildman–Crippen LogP) is 3.04. The second-order valence-electron chi connectivity index (χ2n) is 4.44. The first-order valence-electron chi connectivity index (χ1n) is 6.20. The van der Waals surface area contributed by atoms with Crippen molar-refractivity contribution in [1.82, 2.24) is 5.32 Å². The van der Waals surface area contributed by atoms with Crippen LogP contribution in [0.3, 0.4) is 0 Å². The fraction of sp³-hybridized carbons (Fsp3) is 0.462. The number of amides is 1. The van der Waals surface area contributed by atoms with Gasteiger partial charge < -0.3 is 5.32 Å². The first-order chi connectivity index (χ1) is 8.95. The minimum atomic E-state index is -0.944. The van der Waals surface area contributed by atoms with E-state index in [1.807, 2.05) is 6.92 Å². The molecule has 0 fully saturated rings. The number of halogens is 1. The first-order valence-corrected chi connectivity index (χ1v) is 6.20. The van der Waals surface area contributed by atoms with Gasteiger partial charge in [0.05, 0.1) is 4.92 Å². The number of nitro benzene ring substituents is 1. The van der Waals surface area contributed by atoms with Gasteiger partial charge in [-0.1, -0.05) is 19.8 Å². The zero-order valence-electron chi connectivity index (χ0n) is 11.0. The van der Waals surface area contributed by atoms with Crippen molar-refractivity contribution in [1.29, 1.82) is 0 Å². The molecule has 0 spiro atoms. The van der Waals surface area contributed by atoms with Crippen LogP contribution in [0.2, 0.25) is 0 Å². The first kappa shape index (κ1) is 15.1. The second kappa shape index (κ2) is 6.82. The summed E-state index contributed by atoms with van der Waals surface area (Å²) in [5.41, 5.74) is -0.592. The Hall–Kier alpha value is -1.98. The summed E-state index contributed by atoms with van der Waals surface area (Å²) in [5, 5.41) is 13.3. The van der Waals surface area contributed by atoms with Gasteiger partial charge in [0.15, 0.2) is 0 Å². The monoisotopic (exact) mass is 268 g/mol. The van der Waals surface area contributed by atoms with E-state index < -0.39 is 22.3 Å². The van der Waals surface area contributed by atoms with Crippen LogP contribution in [0.25, 0.3) is 0 Å². The van der Waals surface area contributed by atoms with Crippen LogP contribution in [0.4, 0.5) is 10.1 Å². The number of benzene rings is 1. The maximum absolute atomic E-state index is 13.1. The molecule has 0 heterocycles. The van der Waals surface area contributed by atoms with Crippen LogP contribution in [0.1, 0.15) is 43.5 Å². The molecule has 1 aromatic carbocycles. The molecular formula is C13H17FN2O3. The minimum Gasteiger partial charge on any atom is -0.350 e. The number of unbranched alkanes of at least 4 members (excludes halogenated alkanes) is 1. The number of hydrogen-bond acceptors (Lipinski definition) is 3. The van der Waals surface area contributed by atoms with Crippen LogP contribution in [-0.2, 0) is 0 Å². The third kappa shape index (κ3) is 4.31. The zero-order chi connectivity index (χ0) is 14.4. The van der Waals surface area contributed by atoms with Gasteiger partial charge in [-0.25, -0.2) is 0 Å². The van der Waals surface area contributed by atoms with E-state index in [0.717, 1.165) is 31.4 Å². The highest BCUT2D eigenvalue weighted by molar-refractivity contribution is 5.95. The highest BCUT2D eigenvalue weighted by atomic mass is 19.1. The largest absolute Gasteiger partial charge is 0.350 e. The number of nitrogens with zero attached hydrogens (tertiary/aromatic N) is 1. The summed E-state index contributed by atoms with van der Waals surface area (Å²) in [6.45, 7) is 3.92. The summed E-state index contributed by atoms with van der Waals surface area (Å²) in [6.07, 6.45) is 2.86. The minimum absolute atomic E-state index is 0.0171. The molecule has 6 heteroatoms. The summed E-state index contributed by atoms with van der Waals surface area (Å²) in [7, 11) is 0. The van der Waals surface area contributed by atoms with Crippen LogP contribution in [0, 0.1) is 15.9 Å². The van der Waals surface area contributed by atoms with Gasteiger partial charge in [-0.3, -0.25) is 14.9 Å². The molecule has 1 atom stereocenters. The molecule has 0 aliphatic carbocycles. The molecule has 104 valence electrons. The Morgan fingerprint density at radius 3 is 2.79 bits per heavy atom. The normalized spacial score (nSPS) is 11.9. The Balaban J connectivity index is 2.77. The standard InChI is InChI=1S/C13H17FN2O3/c1-3-4-5-9(2)15-13(17)10-6-7-11(14)12(8-10)16(18)19/h6-9H,3-5H2,1-2H3,(H,15,17). The average molecular weight is 268 g/mol. The van der Waals surface area contributed by atoms with Crippen LogP contribution in [-0.4, -0.2) is 16.9 Å². The number of nitro groups is 1. The molecule has 0 radical (unpaired) electrons. The molecule has 1 N–H and O–H groups in total. The lowest BCUT2D eigenvalue weighted by Crippen LogP contribution is -2.32. The Kier molecular flexibility index (Phi) is 5.41. The fourth-order valence-electron chi connectivity index (χ4n) is 1.68. The van der Waals surface area contributed by atoms with Crippen molar-refractivity contribution in [3.63, 3.8) is 0 Å². The maximum atomic E-state index is 13.1. The molecule has 0 saturated heterocycles. The number of rotatable bonds is 6. The number of carbonyl (C=O) groups excluding carboxylic acids is 1. The summed E-state index contributed by atoms with van der Waals surface area (Å²) in [6, 6.07) is 3.11. The summed E-state index contributed by atoms with van der Waals surface area (Å²) in [5.74, 6) is -1.37. The average Bonchev–Trinajstić information content (AvgIpc) is 2.36. The van der Waals surface area contributed by atoms with E-state index in [2.05, 4.69) is 12.2 Å². The van der Waals surface area contributed by atoms with E-state index in [-0.39, 0.29) is 11.6 Å². The van der Waals surface area contributed by atoms with E-state index in [9.17, 15) is 19.3 Å². The summed E-state index contributed by atoms with van der Waals surface area (Å²) in [4.78, 5) is 21.6. The van der Waals surface area contributed by atoms with Crippen molar-refractivity contribution in [2.45, 2.75) is 39.2 Å². The van der Waals surface area contributed by atoms with Crippen LogP contribution >= 0.6 is 0 Å². The van der Waals surface area contributed by atoms with Crippen molar-refractivity contribution in [3.8, 4) is 0 Å². The molecular weight excluding hydrogens is 251 g/mol. The highest BCUT2D eigenvalue weighted by Gasteiger charge is 2.18.